The summed E-state index contributed by atoms with van der Waals surface area (Å²) in [6.45, 7) is 0. The highest BCUT2D eigenvalue weighted by Crippen LogP contribution is 2.22. The number of rotatable bonds is 4. The van der Waals surface area contributed by atoms with Crippen LogP contribution in [0.3, 0.4) is 0 Å². The van der Waals surface area contributed by atoms with Crippen molar-refractivity contribution in [2.75, 3.05) is 5.43 Å². The van der Waals surface area contributed by atoms with Gasteiger partial charge in [-0.15, -0.1) is 11.3 Å². The molecule has 112 valence electrons. The number of para-hydroxylation sites is 1. The molecule has 0 fully saturated rings. The van der Waals surface area contributed by atoms with E-state index in [0.717, 1.165) is 11.3 Å². The van der Waals surface area contributed by atoms with Gasteiger partial charge in [0.05, 0.1) is 11.4 Å². The Morgan fingerprint density at radius 3 is 2.57 bits per heavy atom. The van der Waals surface area contributed by atoms with Crippen LogP contribution in [0.2, 0.25) is 0 Å². The van der Waals surface area contributed by atoms with Gasteiger partial charge in [0.2, 0.25) is 0 Å². The van der Waals surface area contributed by atoms with Gasteiger partial charge in [-0.3, -0.25) is 5.43 Å². The van der Waals surface area contributed by atoms with E-state index in [2.05, 4.69) is 15.5 Å². The lowest BCUT2D eigenvalue weighted by Gasteiger charge is -1.99. The SMILES string of the molecule is N#CC(=NNc1ccccc1)c1nc(-c2ccc(F)cc2)cs1. The average Bonchev–Trinajstić information content (AvgIpc) is 3.07. The van der Waals surface area contributed by atoms with E-state index >= 15 is 0 Å². The lowest BCUT2D eigenvalue weighted by molar-refractivity contribution is 0.628. The Morgan fingerprint density at radius 2 is 1.87 bits per heavy atom. The molecule has 0 saturated heterocycles. The van der Waals surface area contributed by atoms with Crippen molar-refractivity contribution in [2.45, 2.75) is 0 Å². The molecule has 1 aromatic heterocycles. The number of hydrogen-bond acceptors (Lipinski definition) is 5. The molecule has 0 bridgehead atoms. The van der Waals surface area contributed by atoms with Crippen LogP contribution in [0.5, 0.6) is 0 Å². The van der Waals surface area contributed by atoms with Gasteiger partial charge in [0.25, 0.3) is 0 Å². The monoisotopic (exact) mass is 322 g/mol. The van der Waals surface area contributed by atoms with Crippen LogP contribution in [0.1, 0.15) is 5.01 Å². The van der Waals surface area contributed by atoms with Gasteiger partial charge in [0.1, 0.15) is 11.9 Å². The number of hydrazone groups is 1. The summed E-state index contributed by atoms with van der Waals surface area (Å²) < 4.78 is 13.0. The molecule has 0 spiro atoms. The van der Waals surface area contributed by atoms with Crippen LogP contribution in [0.15, 0.2) is 65.1 Å². The Labute approximate surface area is 136 Å². The molecule has 0 atom stereocenters. The number of benzene rings is 2. The molecule has 3 rings (SSSR count). The van der Waals surface area contributed by atoms with E-state index in [0.29, 0.717) is 10.7 Å². The first-order valence-electron chi connectivity index (χ1n) is 6.77. The molecular formula is C17H11FN4S. The molecule has 23 heavy (non-hydrogen) atoms. The lowest BCUT2D eigenvalue weighted by Crippen LogP contribution is -2.01. The third kappa shape index (κ3) is 3.59. The van der Waals surface area contributed by atoms with Crippen molar-refractivity contribution in [3.05, 3.63) is 70.8 Å². The largest absolute Gasteiger partial charge is 0.277 e. The molecule has 1 N–H and O–H groups in total. The number of nitrogens with zero attached hydrogens (tertiary/aromatic N) is 3. The average molecular weight is 322 g/mol. The van der Waals surface area contributed by atoms with Crippen molar-refractivity contribution in [3.63, 3.8) is 0 Å². The molecule has 0 saturated carbocycles. The first-order chi connectivity index (χ1) is 11.3. The quantitative estimate of drug-likeness (QED) is 0.576. The Morgan fingerprint density at radius 1 is 1.13 bits per heavy atom. The Bertz CT molecular complexity index is 864. The molecule has 1 heterocycles. The molecule has 0 radical (unpaired) electrons. The van der Waals surface area contributed by atoms with Crippen molar-refractivity contribution < 1.29 is 4.39 Å². The first kappa shape index (κ1) is 14.9. The highest BCUT2D eigenvalue weighted by atomic mass is 32.1. The number of nitriles is 1. The van der Waals surface area contributed by atoms with E-state index in [-0.39, 0.29) is 11.5 Å². The summed E-state index contributed by atoms with van der Waals surface area (Å²) in [5.74, 6) is -0.296. The van der Waals surface area contributed by atoms with Gasteiger partial charge >= 0.3 is 0 Å². The topological polar surface area (TPSA) is 61.1 Å². The van der Waals surface area contributed by atoms with Crippen LogP contribution in [0, 0.1) is 17.1 Å². The van der Waals surface area contributed by atoms with Crippen molar-refractivity contribution in [1.29, 1.82) is 5.26 Å². The summed E-state index contributed by atoms with van der Waals surface area (Å²) in [6.07, 6.45) is 0. The maximum Gasteiger partial charge on any atom is 0.196 e. The number of thiazole rings is 1. The minimum atomic E-state index is -0.296. The normalized spacial score (nSPS) is 11.0. The molecule has 0 aliphatic carbocycles. The highest BCUT2D eigenvalue weighted by molar-refractivity contribution is 7.12. The van der Waals surface area contributed by atoms with Crippen molar-refractivity contribution in [3.8, 4) is 17.3 Å². The lowest BCUT2D eigenvalue weighted by atomic mass is 10.2. The second kappa shape index (κ2) is 6.81. The van der Waals surface area contributed by atoms with Crippen LogP contribution in [0.25, 0.3) is 11.3 Å². The number of halogens is 1. The number of nitrogens with one attached hydrogen (secondary N) is 1. The minimum Gasteiger partial charge on any atom is -0.277 e. The Kier molecular flexibility index (Phi) is 4.41. The van der Waals surface area contributed by atoms with Crippen molar-refractivity contribution >= 4 is 22.7 Å². The van der Waals surface area contributed by atoms with E-state index in [1.807, 2.05) is 41.8 Å². The van der Waals surface area contributed by atoms with Gasteiger partial charge in [0.15, 0.2) is 10.7 Å². The van der Waals surface area contributed by atoms with Gasteiger partial charge in [0, 0.05) is 10.9 Å². The Balaban J connectivity index is 1.83. The van der Waals surface area contributed by atoms with Crippen LogP contribution in [-0.4, -0.2) is 10.7 Å². The smallest absolute Gasteiger partial charge is 0.196 e. The van der Waals surface area contributed by atoms with E-state index in [1.54, 1.807) is 12.1 Å². The highest BCUT2D eigenvalue weighted by Gasteiger charge is 2.10. The van der Waals surface area contributed by atoms with Crippen molar-refractivity contribution in [2.24, 2.45) is 5.10 Å². The standard InChI is InChI=1S/C17H11FN4S/c18-13-8-6-12(7-9-13)16-11-23-17(20-16)15(10-19)22-21-14-4-2-1-3-5-14/h1-9,11,21H. The van der Waals surface area contributed by atoms with E-state index in [4.69, 9.17) is 0 Å². The fourth-order valence-electron chi connectivity index (χ4n) is 1.89. The summed E-state index contributed by atoms with van der Waals surface area (Å²) in [5, 5.41) is 15.7. The van der Waals surface area contributed by atoms with Gasteiger partial charge in [-0.25, -0.2) is 9.37 Å². The molecule has 2 aromatic carbocycles. The second-order valence-corrected chi connectivity index (χ2v) is 5.45. The van der Waals surface area contributed by atoms with Gasteiger partial charge in [-0.05, 0) is 36.4 Å². The number of aromatic nitrogens is 1. The van der Waals surface area contributed by atoms with Crippen LogP contribution < -0.4 is 5.43 Å². The Hall–Kier alpha value is -3.04. The van der Waals surface area contributed by atoms with Crippen molar-refractivity contribution in [1.82, 2.24) is 4.98 Å². The predicted molar refractivity (Wildman–Crippen MR) is 89.7 cm³/mol. The zero-order valence-electron chi connectivity index (χ0n) is 11.9. The van der Waals surface area contributed by atoms with E-state index < -0.39 is 0 Å². The zero-order valence-corrected chi connectivity index (χ0v) is 12.7. The first-order valence-corrected chi connectivity index (χ1v) is 7.65. The third-order valence-corrected chi connectivity index (χ3v) is 3.87. The molecule has 0 amide bonds. The summed E-state index contributed by atoms with van der Waals surface area (Å²) in [5.41, 5.74) is 5.30. The minimum absolute atomic E-state index is 0.201. The summed E-state index contributed by atoms with van der Waals surface area (Å²) in [6, 6.07) is 17.5. The molecule has 4 nitrogen and oxygen atoms in total. The molecule has 0 unspecified atom stereocenters. The predicted octanol–water partition coefficient (Wildman–Crippen LogP) is 4.29. The van der Waals surface area contributed by atoms with E-state index in [9.17, 15) is 9.65 Å². The number of hydrogen-bond donors (Lipinski definition) is 1. The molecule has 0 aliphatic rings. The molecule has 6 heteroatoms. The van der Waals surface area contributed by atoms with Gasteiger partial charge in [-0.1, -0.05) is 18.2 Å². The fourth-order valence-corrected chi connectivity index (χ4v) is 2.66. The summed E-state index contributed by atoms with van der Waals surface area (Å²) >= 11 is 1.32. The summed E-state index contributed by atoms with van der Waals surface area (Å²) in [7, 11) is 0. The third-order valence-electron chi connectivity index (χ3n) is 3.02. The van der Waals surface area contributed by atoms with E-state index in [1.165, 1.54) is 23.5 Å². The van der Waals surface area contributed by atoms with Crippen LogP contribution in [0.4, 0.5) is 10.1 Å². The zero-order chi connectivity index (χ0) is 16.1. The van der Waals surface area contributed by atoms with Crippen LogP contribution in [-0.2, 0) is 0 Å². The second-order valence-electron chi connectivity index (χ2n) is 4.59. The maximum absolute atomic E-state index is 13.0. The number of anilines is 1. The fraction of sp³-hybridized carbons (Fsp3) is 0. The summed E-state index contributed by atoms with van der Waals surface area (Å²) in [4.78, 5) is 4.40. The molecule has 0 aliphatic heterocycles. The van der Waals surface area contributed by atoms with Gasteiger partial charge in [-0.2, -0.15) is 10.4 Å². The van der Waals surface area contributed by atoms with Crippen LogP contribution >= 0.6 is 11.3 Å². The maximum atomic E-state index is 13.0. The molecule has 3 aromatic rings. The molecular weight excluding hydrogens is 311 g/mol. The van der Waals surface area contributed by atoms with Gasteiger partial charge < -0.3 is 0 Å².